The molecule has 5 N–H and O–H groups in total. The number of nitrogen functional groups attached to an aromatic ring is 2. The maximum absolute atomic E-state index is 12.6. The number of nitrogens with two attached hydrogens (primary N) is 2. The predicted molar refractivity (Wildman–Crippen MR) is 99.7 cm³/mol. The molecule has 1 amide bonds. The Morgan fingerprint density at radius 2 is 1.92 bits per heavy atom. The molecular formula is C15H25Cl2N5O2. The van der Waals surface area contributed by atoms with Gasteiger partial charge in [0.05, 0.1) is 17.7 Å². The second-order valence-electron chi connectivity index (χ2n) is 6.16. The Hall–Kier alpha value is -1.44. The van der Waals surface area contributed by atoms with Crippen molar-refractivity contribution < 1.29 is 9.90 Å². The van der Waals surface area contributed by atoms with Crippen LogP contribution in [0.4, 0.5) is 17.3 Å². The summed E-state index contributed by atoms with van der Waals surface area (Å²) in [5, 5.41) is 9.59. The van der Waals surface area contributed by atoms with Gasteiger partial charge in [-0.05, 0) is 31.4 Å². The highest BCUT2D eigenvalue weighted by Gasteiger charge is 2.33. The van der Waals surface area contributed by atoms with Crippen molar-refractivity contribution in [3.8, 4) is 0 Å². The first-order valence-electron chi connectivity index (χ1n) is 7.78. The maximum atomic E-state index is 12.6. The molecule has 0 aromatic carbocycles. The van der Waals surface area contributed by atoms with Crippen LogP contribution in [0.3, 0.4) is 0 Å². The molecule has 0 radical (unpaired) electrons. The van der Waals surface area contributed by atoms with Gasteiger partial charge in [0, 0.05) is 26.2 Å². The molecule has 2 aliphatic heterocycles. The van der Waals surface area contributed by atoms with Crippen molar-refractivity contribution in [1.29, 1.82) is 0 Å². The third-order valence-electron chi connectivity index (χ3n) is 4.51. The fourth-order valence-corrected chi connectivity index (χ4v) is 3.24. The molecule has 24 heavy (non-hydrogen) atoms. The van der Waals surface area contributed by atoms with Crippen LogP contribution in [0.15, 0.2) is 12.1 Å². The summed E-state index contributed by atoms with van der Waals surface area (Å²) in [4.78, 5) is 20.8. The molecule has 3 rings (SSSR count). The van der Waals surface area contributed by atoms with Gasteiger partial charge in [-0.15, -0.1) is 24.8 Å². The van der Waals surface area contributed by atoms with Crippen molar-refractivity contribution in [1.82, 2.24) is 9.88 Å². The van der Waals surface area contributed by atoms with Gasteiger partial charge >= 0.3 is 0 Å². The number of carbonyl (C=O) groups excluding carboxylic acids is 1. The lowest BCUT2D eigenvalue weighted by Crippen LogP contribution is -2.44. The van der Waals surface area contributed by atoms with E-state index in [2.05, 4.69) is 9.88 Å². The molecule has 1 aromatic heterocycles. The van der Waals surface area contributed by atoms with Crippen LogP contribution in [0.2, 0.25) is 0 Å². The van der Waals surface area contributed by atoms with E-state index in [1.165, 1.54) is 0 Å². The van der Waals surface area contributed by atoms with E-state index in [0.29, 0.717) is 37.6 Å². The lowest BCUT2D eigenvalue weighted by Gasteiger charge is -2.34. The van der Waals surface area contributed by atoms with Crippen molar-refractivity contribution in [2.75, 3.05) is 42.5 Å². The highest BCUT2D eigenvalue weighted by Crippen LogP contribution is 2.26. The van der Waals surface area contributed by atoms with E-state index in [4.69, 9.17) is 11.5 Å². The molecule has 7 nitrogen and oxygen atoms in total. The van der Waals surface area contributed by atoms with E-state index in [-0.39, 0.29) is 42.7 Å². The van der Waals surface area contributed by atoms with E-state index in [9.17, 15) is 9.90 Å². The number of nitrogens with zero attached hydrogens (tertiary/aromatic N) is 3. The van der Waals surface area contributed by atoms with Crippen molar-refractivity contribution in [2.24, 2.45) is 5.92 Å². The topological polar surface area (TPSA) is 109 Å². The number of rotatable bonds is 2. The number of β-amino-alcohol motifs (C(OH)–C–C–N with tert-alkyl or cyclic N) is 1. The number of anilines is 3. The Kier molecular flexibility index (Phi) is 7.38. The number of aromatic nitrogens is 1. The lowest BCUT2D eigenvalue weighted by molar-refractivity contribution is -0.135. The minimum Gasteiger partial charge on any atom is -0.396 e. The Bertz CT molecular complexity index is 575. The molecular weight excluding hydrogens is 353 g/mol. The summed E-state index contributed by atoms with van der Waals surface area (Å²) in [7, 11) is 0. The predicted octanol–water partition coefficient (Wildman–Crippen LogP) is 0.899. The van der Waals surface area contributed by atoms with Crippen molar-refractivity contribution in [2.45, 2.75) is 25.4 Å². The number of hydrogen-bond donors (Lipinski definition) is 3. The van der Waals surface area contributed by atoms with Crippen LogP contribution in [-0.4, -0.2) is 53.2 Å². The lowest BCUT2D eigenvalue weighted by atomic mass is 9.96. The average Bonchev–Trinajstić information content (AvgIpc) is 2.96. The molecule has 2 fully saturated rings. The third kappa shape index (κ3) is 4.34. The van der Waals surface area contributed by atoms with Gasteiger partial charge in [-0.2, -0.15) is 0 Å². The molecule has 2 unspecified atom stereocenters. The number of pyridine rings is 1. The molecule has 0 aliphatic carbocycles. The van der Waals surface area contributed by atoms with E-state index in [1.54, 1.807) is 11.0 Å². The van der Waals surface area contributed by atoms with Crippen LogP contribution in [-0.2, 0) is 4.79 Å². The minimum absolute atomic E-state index is 0. The van der Waals surface area contributed by atoms with Crippen LogP contribution in [0.25, 0.3) is 0 Å². The summed E-state index contributed by atoms with van der Waals surface area (Å²) in [5.41, 5.74) is 11.9. The Morgan fingerprint density at radius 1 is 1.17 bits per heavy atom. The van der Waals surface area contributed by atoms with Crippen molar-refractivity contribution >= 4 is 48.0 Å². The molecule has 136 valence electrons. The van der Waals surface area contributed by atoms with Crippen LogP contribution >= 0.6 is 24.8 Å². The van der Waals surface area contributed by atoms with E-state index in [1.807, 2.05) is 6.07 Å². The Balaban J connectivity index is 0.00000144. The second-order valence-corrected chi connectivity index (χ2v) is 6.16. The highest BCUT2D eigenvalue weighted by atomic mass is 35.5. The Morgan fingerprint density at radius 3 is 2.54 bits per heavy atom. The number of amides is 1. The molecule has 3 heterocycles. The zero-order valence-corrected chi connectivity index (χ0v) is 15.1. The molecule has 9 heteroatoms. The molecule has 2 atom stereocenters. The normalized spacial score (nSPS) is 23.4. The van der Waals surface area contributed by atoms with Gasteiger partial charge in [-0.25, -0.2) is 4.98 Å². The van der Waals surface area contributed by atoms with Gasteiger partial charge in [0.1, 0.15) is 11.6 Å². The molecule has 0 bridgehead atoms. The molecule has 2 saturated heterocycles. The van der Waals surface area contributed by atoms with Gasteiger partial charge in [-0.3, -0.25) is 4.79 Å². The minimum atomic E-state index is -0.373. The molecule has 1 aromatic rings. The van der Waals surface area contributed by atoms with Gasteiger partial charge in [-0.1, -0.05) is 0 Å². The molecule has 0 saturated carbocycles. The smallest absolute Gasteiger partial charge is 0.227 e. The number of piperidine rings is 1. The maximum Gasteiger partial charge on any atom is 0.227 e. The van der Waals surface area contributed by atoms with Crippen molar-refractivity contribution in [3.05, 3.63) is 12.1 Å². The summed E-state index contributed by atoms with van der Waals surface area (Å²) in [6, 6.07) is 3.60. The average molecular weight is 378 g/mol. The fourth-order valence-electron chi connectivity index (χ4n) is 3.24. The summed E-state index contributed by atoms with van der Waals surface area (Å²) in [5.74, 6) is 1.20. The van der Waals surface area contributed by atoms with Crippen LogP contribution in [0, 0.1) is 5.92 Å². The zero-order chi connectivity index (χ0) is 15.7. The summed E-state index contributed by atoms with van der Waals surface area (Å²) >= 11 is 0. The fraction of sp³-hybridized carbons (Fsp3) is 0.600. The third-order valence-corrected chi connectivity index (χ3v) is 4.51. The van der Waals surface area contributed by atoms with Crippen LogP contribution < -0.4 is 16.4 Å². The first-order valence-corrected chi connectivity index (χ1v) is 7.78. The molecule has 0 spiro atoms. The SMILES string of the molecule is Cl.Cl.Nc1ccc(N2CCCC(C(=O)N3CCC(O)C3)C2)nc1N. The number of halogens is 2. The van der Waals surface area contributed by atoms with Gasteiger partial charge in [0.2, 0.25) is 5.91 Å². The number of aliphatic hydroxyl groups is 1. The van der Waals surface area contributed by atoms with Gasteiger partial charge in [0.15, 0.2) is 0 Å². The largest absolute Gasteiger partial charge is 0.396 e. The summed E-state index contributed by atoms with van der Waals surface area (Å²) in [6.07, 6.45) is 2.13. The first kappa shape index (κ1) is 20.6. The first-order chi connectivity index (χ1) is 10.5. The Labute approximate surface area is 154 Å². The number of carbonyl (C=O) groups is 1. The zero-order valence-electron chi connectivity index (χ0n) is 13.4. The standard InChI is InChI=1S/C15H23N5O2.2ClH/c16-12-3-4-13(18-14(12)17)19-6-1-2-10(8-19)15(22)20-7-5-11(21)9-20;;/h3-4,10-11,21H,1-2,5-9,16H2,(H2,17,18);2*1H. The monoisotopic (exact) mass is 377 g/mol. The van der Waals surface area contributed by atoms with Gasteiger partial charge in [0.25, 0.3) is 0 Å². The van der Waals surface area contributed by atoms with Gasteiger partial charge < -0.3 is 26.4 Å². The van der Waals surface area contributed by atoms with E-state index in [0.717, 1.165) is 25.2 Å². The van der Waals surface area contributed by atoms with E-state index >= 15 is 0 Å². The quantitative estimate of drug-likeness (QED) is 0.706. The number of aliphatic hydroxyl groups excluding tert-OH is 1. The number of hydrogen-bond acceptors (Lipinski definition) is 6. The second kappa shape index (κ2) is 8.60. The number of likely N-dealkylation sites (tertiary alicyclic amines) is 1. The summed E-state index contributed by atoms with van der Waals surface area (Å²) < 4.78 is 0. The van der Waals surface area contributed by atoms with E-state index < -0.39 is 0 Å². The summed E-state index contributed by atoms with van der Waals surface area (Å²) in [6.45, 7) is 2.62. The molecule has 2 aliphatic rings. The van der Waals surface area contributed by atoms with Crippen LogP contribution in [0.5, 0.6) is 0 Å². The van der Waals surface area contributed by atoms with Crippen molar-refractivity contribution in [3.63, 3.8) is 0 Å². The van der Waals surface area contributed by atoms with Crippen LogP contribution in [0.1, 0.15) is 19.3 Å². The highest BCUT2D eigenvalue weighted by molar-refractivity contribution is 5.85.